The summed E-state index contributed by atoms with van der Waals surface area (Å²) in [6.07, 6.45) is 1.50. The van der Waals surface area contributed by atoms with Gasteiger partial charge in [0.25, 0.3) is 0 Å². The van der Waals surface area contributed by atoms with Crippen LogP contribution < -0.4 is 5.32 Å². The first-order valence-corrected chi connectivity index (χ1v) is 7.29. The Bertz CT molecular complexity index is 422. The molecule has 0 aliphatic carbocycles. The minimum atomic E-state index is -0.735. The van der Waals surface area contributed by atoms with Crippen molar-refractivity contribution < 1.29 is 9.53 Å². The molecule has 0 bridgehead atoms. The van der Waals surface area contributed by atoms with Crippen molar-refractivity contribution in [3.8, 4) is 0 Å². The van der Waals surface area contributed by atoms with E-state index in [0.717, 1.165) is 5.16 Å². The fourth-order valence-electron chi connectivity index (χ4n) is 1.71. The Morgan fingerprint density at radius 1 is 1.63 bits per heavy atom. The fraction of sp³-hybridized carbons (Fsp3) is 0.750. The predicted molar refractivity (Wildman–Crippen MR) is 75.0 cm³/mol. The van der Waals surface area contributed by atoms with Gasteiger partial charge in [-0.1, -0.05) is 11.8 Å². The third-order valence-corrected chi connectivity index (χ3v) is 3.84. The molecule has 0 aromatic carbocycles. The van der Waals surface area contributed by atoms with E-state index < -0.39 is 5.54 Å². The molecule has 7 heteroatoms. The average molecular weight is 286 g/mol. The maximum atomic E-state index is 12.1. The van der Waals surface area contributed by atoms with Crippen LogP contribution in [-0.4, -0.2) is 44.7 Å². The number of esters is 1. The normalized spacial score (nSPS) is 14.4. The van der Waals surface area contributed by atoms with E-state index in [9.17, 15) is 4.79 Å². The van der Waals surface area contributed by atoms with E-state index >= 15 is 0 Å². The molecule has 108 valence electrons. The SMILES string of the molecule is CCOC(=O)C(C)(CSc1ncnn1C)NC(C)C. The molecular weight excluding hydrogens is 264 g/mol. The molecule has 0 saturated heterocycles. The Morgan fingerprint density at radius 3 is 2.79 bits per heavy atom. The Labute approximate surface area is 118 Å². The summed E-state index contributed by atoms with van der Waals surface area (Å²) in [5.41, 5.74) is -0.735. The van der Waals surface area contributed by atoms with E-state index in [2.05, 4.69) is 15.4 Å². The largest absolute Gasteiger partial charge is 0.465 e. The Balaban J connectivity index is 2.74. The summed E-state index contributed by atoms with van der Waals surface area (Å²) in [5.74, 6) is 0.301. The van der Waals surface area contributed by atoms with Crippen molar-refractivity contribution in [2.45, 2.75) is 44.4 Å². The lowest BCUT2D eigenvalue weighted by Crippen LogP contribution is -2.55. The van der Waals surface area contributed by atoms with E-state index in [-0.39, 0.29) is 12.0 Å². The first-order valence-electron chi connectivity index (χ1n) is 6.30. The zero-order valence-electron chi connectivity index (χ0n) is 12.1. The lowest BCUT2D eigenvalue weighted by Gasteiger charge is -2.30. The predicted octanol–water partition coefficient (Wildman–Crippen LogP) is 1.23. The molecule has 0 spiro atoms. The number of carbonyl (C=O) groups is 1. The first-order chi connectivity index (χ1) is 8.89. The van der Waals surface area contributed by atoms with Gasteiger partial charge in [0, 0.05) is 18.8 Å². The quantitative estimate of drug-likeness (QED) is 0.600. The minimum Gasteiger partial charge on any atom is -0.465 e. The number of aromatic nitrogens is 3. The number of nitrogens with one attached hydrogen (secondary N) is 1. The van der Waals surface area contributed by atoms with Gasteiger partial charge in [-0.05, 0) is 27.7 Å². The number of nitrogens with zero attached hydrogens (tertiary/aromatic N) is 3. The van der Waals surface area contributed by atoms with Gasteiger partial charge >= 0.3 is 5.97 Å². The van der Waals surface area contributed by atoms with Crippen LogP contribution >= 0.6 is 11.8 Å². The monoisotopic (exact) mass is 286 g/mol. The number of ether oxygens (including phenoxy) is 1. The van der Waals surface area contributed by atoms with E-state index in [1.807, 2.05) is 34.7 Å². The summed E-state index contributed by atoms with van der Waals surface area (Å²) in [4.78, 5) is 16.2. The van der Waals surface area contributed by atoms with Crippen LogP contribution in [0, 0.1) is 0 Å². The second-order valence-corrected chi connectivity index (χ2v) is 5.75. The van der Waals surface area contributed by atoms with Gasteiger partial charge in [-0.2, -0.15) is 5.10 Å². The zero-order valence-corrected chi connectivity index (χ0v) is 13.0. The van der Waals surface area contributed by atoms with Crippen LogP contribution in [-0.2, 0) is 16.6 Å². The van der Waals surface area contributed by atoms with Crippen molar-refractivity contribution >= 4 is 17.7 Å². The molecule has 6 nitrogen and oxygen atoms in total. The Morgan fingerprint density at radius 2 is 2.32 bits per heavy atom. The molecule has 0 saturated carbocycles. The van der Waals surface area contributed by atoms with Gasteiger partial charge in [0.2, 0.25) is 0 Å². The van der Waals surface area contributed by atoms with Crippen molar-refractivity contribution in [3.05, 3.63) is 6.33 Å². The van der Waals surface area contributed by atoms with E-state index in [4.69, 9.17) is 4.74 Å². The standard InChI is InChI=1S/C12H22N4O2S/c1-6-18-10(17)12(4,15-9(2)3)7-19-11-13-8-14-16(11)5/h8-9,15H,6-7H2,1-5H3. The number of hydrogen-bond acceptors (Lipinski definition) is 6. The third kappa shape index (κ3) is 4.50. The summed E-state index contributed by atoms with van der Waals surface area (Å²) >= 11 is 1.48. The van der Waals surface area contributed by atoms with Crippen molar-refractivity contribution in [2.75, 3.05) is 12.4 Å². The summed E-state index contributed by atoms with van der Waals surface area (Å²) < 4.78 is 6.84. The maximum absolute atomic E-state index is 12.1. The maximum Gasteiger partial charge on any atom is 0.326 e. The zero-order chi connectivity index (χ0) is 14.5. The summed E-state index contributed by atoms with van der Waals surface area (Å²) in [5, 5.41) is 8.06. The second kappa shape index (κ2) is 6.91. The van der Waals surface area contributed by atoms with E-state index in [1.54, 1.807) is 4.68 Å². The highest BCUT2D eigenvalue weighted by Crippen LogP contribution is 2.21. The van der Waals surface area contributed by atoms with Gasteiger partial charge in [0.05, 0.1) is 6.61 Å². The van der Waals surface area contributed by atoms with E-state index in [0.29, 0.717) is 12.4 Å². The van der Waals surface area contributed by atoms with Crippen LogP contribution in [0.4, 0.5) is 0 Å². The molecule has 1 heterocycles. The molecule has 1 unspecified atom stereocenters. The molecule has 0 radical (unpaired) electrons. The van der Waals surface area contributed by atoms with Gasteiger partial charge in [-0.25, -0.2) is 9.67 Å². The topological polar surface area (TPSA) is 69.0 Å². The molecule has 1 N–H and O–H groups in total. The van der Waals surface area contributed by atoms with Crippen molar-refractivity contribution in [2.24, 2.45) is 7.05 Å². The summed E-state index contributed by atoms with van der Waals surface area (Å²) in [7, 11) is 1.83. The summed E-state index contributed by atoms with van der Waals surface area (Å²) in [6.45, 7) is 8.05. The van der Waals surface area contributed by atoms with Gasteiger partial charge < -0.3 is 4.74 Å². The van der Waals surface area contributed by atoms with Gasteiger partial charge in [0.1, 0.15) is 11.9 Å². The van der Waals surface area contributed by atoms with Crippen LogP contribution in [0.1, 0.15) is 27.7 Å². The first kappa shape index (κ1) is 16.0. The molecule has 19 heavy (non-hydrogen) atoms. The van der Waals surface area contributed by atoms with Crippen LogP contribution in [0.3, 0.4) is 0 Å². The molecular formula is C12H22N4O2S. The van der Waals surface area contributed by atoms with Gasteiger partial charge in [-0.15, -0.1) is 0 Å². The number of thioether (sulfide) groups is 1. The number of rotatable bonds is 7. The smallest absolute Gasteiger partial charge is 0.326 e. The van der Waals surface area contributed by atoms with Gasteiger partial charge in [0.15, 0.2) is 5.16 Å². The summed E-state index contributed by atoms with van der Waals surface area (Å²) in [6, 6.07) is 0.189. The number of hydrogen-bond donors (Lipinski definition) is 1. The fourth-order valence-corrected chi connectivity index (χ4v) is 2.69. The second-order valence-electron chi connectivity index (χ2n) is 4.81. The van der Waals surface area contributed by atoms with Crippen LogP contribution in [0.2, 0.25) is 0 Å². The van der Waals surface area contributed by atoms with Crippen molar-refractivity contribution in [1.82, 2.24) is 20.1 Å². The minimum absolute atomic E-state index is 0.189. The van der Waals surface area contributed by atoms with Crippen LogP contribution in [0.25, 0.3) is 0 Å². The molecule has 0 amide bonds. The lowest BCUT2D eigenvalue weighted by molar-refractivity contribution is -0.149. The van der Waals surface area contributed by atoms with Gasteiger partial charge in [-0.3, -0.25) is 10.1 Å². The Kier molecular flexibility index (Phi) is 5.81. The highest BCUT2D eigenvalue weighted by molar-refractivity contribution is 7.99. The molecule has 1 aromatic rings. The molecule has 1 rings (SSSR count). The number of aryl methyl sites for hydroxylation is 1. The highest BCUT2D eigenvalue weighted by atomic mass is 32.2. The van der Waals surface area contributed by atoms with Crippen molar-refractivity contribution in [1.29, 1.82) is 0 Å². The molecule has 0 aliphatic rings. The van der Waals surface area contributed by atoms with E-state index in [1.165, 1.54) is 18.1 Å². The average Bonchev–Trinajstić information content (AvgIpc) is 2.72. The van der Waals surface area contributed by atoms with Crippen LogP contribution in [0.15, 0.2) is 11.5 Å². The third-order valence-electron chi connectivity index (χ3n) is 2.49. The highest BCUT2D eigenvalue weighted by Gasteiger charge is 2.35. The molecule has 0 aliphatic heterocycles. The molecule has 1 aromatic heterocycles. The number of carbonyl (C=O) groups excluding carboxylic acids is 1. The van der Waals surface area contributed by atoms with Crippen LogP contribution in [0.5, 0.6) is 0 Å². The van der Waals surface area contributed by atoms with Crippen molar-refractivity contribution in [3.63, 3.8) is 0 Å². The molecule has 0 fully saturated rings. The Hall–Kier alpha value is -1.08. The lowest BCUT2D eigenvalue weighted by atomic mass is 10.0. The molecule has 1 atom stereocenters.